The Morgan fingerprint density at radius 1 is 1.00 bits per heavy atom. The van der Waals surface area contributed by atoms with Gasteiger partial charge in [-0.25, -0.2) is 8.42 Å². The first-order valence-corrected chi connectivity index (χ1v) is 16.2. The summed E-state index contributed by atoms with van der Waals surface area (Å²) in [5.74, 6) is -1.18. The molecule has 1 spiro atoms. The highest BCUT2D eigenvalue weighted by Gasteiger charge is 2.51. The first kappa shape index (κ1) is 29.1. The summed E-state index contributed by atoms with van der Waals surface area (Å²) in [6.45, 7) is 0.906. The first-order valence-electron chi connectivity index (χ1n) is 14.0. The Morgan fingerprint density at radius 2 is 1.67 bits per heavy atom. The number of nitrogens with zero attached hydrogens (tertiary/aromatic N) is 2. The molecule has 2 aliphatic heterocycles. The lowest BCUT2D eigenvalue weighted by atomic mass is 9.81. The summed E-state index contributed by atoms with van der Waals surface area (Å²) in [6.07, 6.45) is 2.24. The number of para-hydroxylation sites is 1. The predicted octanol–water partition coefficient (Wildman–Crippen LogP) is 4.08. The monoisotopic (exact) mass is 619 g/mol. The third-order valence-electron chi connectivity index (χ3n) is 8.43. The number of piperidine rings is 1. The van der Waals surface area contributed by atoms with Crippen LogP contribution in [0.15, 0.2) is 88.1 Å². The van der Waals surface area contributed by atoms with E-state index in [1.807, 2.05) is 24.3 Å². The smallest absolute Gasteiger partial charge is 0.287 e. The lowest BCUT2D eigenvalue weighted by molar-refractivity contribution is -0.135. The Hall–Kier alpha value is -3.99. The van der Waals surface area contributed by atoms with E-state index in [0.29, 0.717) is 42.9 Å². The average Bonchev–Trinajstić information content (AvgIpc) is 3.32. The number of benzene rings is 3. The van der Waals surface area contributed by atoms with Crippen LogP contribution >= 0.6 is 11.6 Å². The van der Waals surface area contributed by atoms with E-state index in [1.54, 1.807) is 57.7 Å². The van der Waals surface area contributed by atoms with Crippen molar-refractivity contribution < 1.29 is 22.4 Å². The van der Waals surface area contributed by atoms with Gasteiger partial charge in [0.25, 0.3) is 5.91 Å². The fourth-order valence-electron chi connectivity index (χ4n) is 6.32. The zero-order valence-corrected chi connectivity index (χ0v) is 25.0. The molecule has 0 radical (unpaired) electrons. The molecular formula is C32H30ClN3O6S. The van der Waals surface area contributed by atoms with Crippen LogP contribution in [0.5, 0.6) is 0 Å². The summed E-state index contributed by atoms with van der Waals surface area (Å²) in [7, 11) is -3.52. The second-order valence-corrected chi connectivity index (χ2v) is 13.5. The maximum atomic E-state index is 14.0. The van der Waals surface area contributed by atoms with Crippen LogP contribution in [0.3, 0.4) is 0 Å². The molecule has 43 heavy (non-hydrogen) atoms. The number of hydrogen-bond acceptors (Lipinski definition) is 6. The summed E-state index contributed by atoms with van der Waals surface area (Å²) in [5.41, 5.74) is 1.91. The van der Waals surface area contributed by atoms with E-state index in [9.17, 15) is 22.8 Å². The molecule has 11 heteroatoms. The van der Waals surface area contributed by atoms with Gasteiger partial charge >= 0.3 is 0 Å². The second-order valence-electron chi connectivity index (χ2n) is 11.1. The van der Waals surface area contributed by atoms with Crippen molar-refractivity contribution in [2.45, 2.75) is 37.4 Å². The van der Waals surface area contributed by atoms with Gasteiger partial charge in [-0.3, -0.25) is 14.4 Å². The second kappa shape index (κ2) is 11.3. The van der Waals surface area contributed by atoms with Crippen molar-refractivity contribution in [2.75, 3.05) is 19.3 Å². The van der Waals surface area contributed by atoms with E-state index < -0.39 is 27.5 Å². The summed E-state index contributed by atoms with van der Waals surface area (Å²) in [4.78, 5) is 41.7. The van der Waals surface area contributed by atoms with Gasteiger partial charge in [0.15, 0.2) is 11.2 Å². The predicted molar refractivity (Wildman–Crippen MR) is 163 cm³/mol. The lowest BCUT2D eigenvalue weighted by Gasteiger charge is -2.45. The molecule has 1 aromatic heterocycles. The van der Waals surface area contributed by atoms with Gasteiger partial charge in [-0.15, -0.1) is 0 Å². The molecule has 222 valence electrons. The standard InChI is InChI=1S/C32H30ClN3O6S/c1-43(40,41)36-20-22-6-2-4-8-25(22)32(36)14-16-35(17-15-32)31(39)26(18-21-10-12-23(33)13-11-21)34-30(38)29-19-27(37)24-7-3-5-9-28(24)42-29/h2-13,19,26H,14-18,20H2,1H3,(H,34,38)/t26-/m1/s1. The van der Waals surface area contributed by atoms with Crippen molar-refractivity contribution in [2.24, 2.45) is 0 Å². The molecule has 0 bridgehead atoms. The molecular weight excluding hydrogens is 590 g/mol. The van der Waals surface area contributed by atoms with E-state index in [0.717, 1.165) is 22.8 Å². The molecule has 9 nitrogen and oxygen atoms in total. The van der Waals surface area contributed by atoms with Gasteiger partial charge in [-0.2, -0.15) is 4.31 Å². The van der Waals surface area contributed by atoms with E-state index in [2.05, 4.69) is 5.32 Å². The van der Waals surface area contributed by atoms with Crippen LogP contribution in [0.2, 0.25) is 5.02 Å². The third-order valence-corrected chi connectivity index (χ3v) is 9.96. The summed E-state index contributed by atoms with van der Waals surface area (Å²) in [5, 5.41) is 3.69. The molecule has 2 amide bonds. The molecule has 0 unspecified atom stereocenters. The number of likely N-dealkylation sites (tertiary alicyclic amines) is 1. The van der Waals surface area contributed by atoms with Crippen LogP contribution in [0.4, 0.5) is 0 Å². The Morgan fingerprint density at radius 3 is 2.40 bits per heavy atom. The van der Waals surface area contributed by atoms with Crippen molar-refractivity contribution in [3.8, 4) is 0 Å². The zero-order valence-electron chi connectivity index (χ0n) is 23.5. The van der Waals surface area contributed by atoms with Gasteiger partial charge in [0.2, 0.25) is 15.9 Å². The Kier molecular flexibility index (Phi) is 7.62. The SMILES string of the molecule is CS(=O)(=O)N1Cc2ccccc2C12CCN(C(=O)[C@@H](Cc1ccc(Cl)cc1)NC(=O)c1cc(=O)c3ccccc3o1)CC2. The van der Waals surface area contributed by atoms with Crippen molar-refractivity contribution in [3.63, 3.8) is 0 Å². The van der Waals surface area contributed by atoms with E-state index >= 15 is 0 Å². The minimum atomic E-state index is -3.52. The molecule has 3 aromatic carbocycles. The summed E-state index contributed by atoms with van der Waals surface area (Å²) < 4.78 is 33.0. The van der Waals surface area contributed by atoms with Gasteiger partial charge in [-0.05, 0) is 53.8 Å². The Labute approximate surface area is 254 Å². The fourth-order valence-corrected chi connectivity index (χ4v) is 7.74. The molecule has 2 aliphatic rings. The molecule has 0 saturated carbocycles. The molecule has 4 aromatic rings. The van der Waals surface area contributed by atoms with Crippen LogP contribution in [-0.2, 0) is 33.3 Å². The molecule has 0 aliphatic carbocycles. The molecule has 1 N–H and O–H groups in total. The number of carbonyl (C=O) groups excluding carboxylic acids is 2. The average molecular weight is 620 g/mol. The minimum absolute atomic E-state index is 0.180. The van der Waals surface area contributed by atoms with E-state index in [1.165, 1.54) is 6.26 Å². The first-order chi connectivity index (χ1) is 20.5. The Balaban J connectivity index is 1.26. The van der Waals surface area contributed by atoms with Crippen molar-refractivity contribution in [3.05, 3.63) is 117 Å². The maximum absolute atomic E-state index is 14.0. The molecule has 1 fully saturated rings. The quantitative estimate of drug-likeness (QED) is 0.348. The number of sulfonamides is 1. The van der Waals surface area contributed by atoms with Crippen LogP contribution in [0, 0.1) is 0 Å². The maximum Gasteiger partial charge on any atom is 0.287 e. The van der Waals surface area contributed by atoms with Gasteiger partial charge in [0, 0.05) is 37.1 Å². The number of fused-ring (bicyclic) bond motifs is 3. The normalized spacial score (nSPS) is 17.1. The number of hydrogen-bond donors (Lipinski definition) is 1. The lowest BCUT2D eigenvalue weighted by Crippen LogP contribution is -2.56. The molecule has 6 rings (SSSR count). The third kappa shape index (κ3) is 5.58. The van der Waals surface area contributed by atoms with Gasteiger partial charge < -0.3 is 14.6 Å². The molecule has 1 saturated heterocycles. The van der Waals surface area contributed by atoms with Crippen molar-refractivity contribution in [1.82, 2.24) is 14.5 Å². The minimum Gasteiger partial charge on any atom is -0.451 e. The van der Waals surface area contributed by atoms with E-state index in [-0.39, 0.29) is 29.1 Å². The number of nitrogens with one attached hydrogen (secondary N) is 1. The topological polar surface area (TPSA) is 117 Å². The zero-order chi connectivity index (χ0) is 30.4. The summed E-state index contributed by atoms with van der Waals surface area (Å²) in [6, 6.07) is 21.5. The van der Waals surface area contributed by atoms with Crippen LogP contribution in [0.1, 0.15) is 40.1 Å². The molecule has 1 atom stereocenters. The van der Waals surface area contributed by atoms with Gasteiger partial charge in [0.1, 0.15) is 11.6 Å². The van der Waals surface area contributed by atoms with Gasteiger partial charge in [0.05, 0.1) is 17.2 Å². The fraction of sp³-hybridized carbons (Fsp3) is 0.281. The van der Waals surface area contributed by atoms with E-state index in [4.69, 9.17) is 16.0 Å². The highest BCUT2D eigenvalue weighted by molar-refractivity contribution is 7.88. The van der Waals surface area contributed by atoms with Gasteiger partial charge in [-0.1, -0.05) is 60.1 Å². The number of rotatable bonds is 6. The number of carbonyl (C=O) groups is 2. The Bertz CT molecular complexity index is 1880. The van der Waals surface area contributed by atoms with Crippen LogP contribution in [-0.4, -0.2) is 54.8 Å². The summed E-state index contributed by atoms with van der Waals surface area (Å²) >= 11 is 6.06. The number of halogens is 1. The highest BCUT2D eigenvalue weighted by atomic mass is 35.5. The van der Waals surface area contributed by atoms with Crippen LogP contribution in [0.25, 0.3) is 11.0 Å². The van der Waals surface area contributed by atoms with Crippen molar-refractivity contribution in [1.29, 1.82) is 0 Å². The van der Waals surface area contributed by atoms with Crippen LogP contribution < -0.4 is 10.7 Å². The number of amides is 2. The molecule has 3 heterocycles. The van der Waals surface area contributed by atoms with Crippen molar-refractivity contribution >= 4 is 44.4 Å². The largest absolute Gasteiger partial charge is 0.451 e. The highest BCUT2D eigenvalue weighted by Crippen LogP contribution is 2.47.